The molecule has 0 bridgehead atoms. The van der Waals surface area contributed by atoms with Crippen LogP contribution < -0.4 is 27.4 Å². The van der Waals surface area contributed by atoms with E-state index in [0.717, 1.165) is 0 Å². The van der Waals surface area contributed by atoms with Crippen molar-refractivity contribution in [2.45, 2.75) is 57.7 Å². The second-order valence-electron chi connectivity index (χ2n) is 6.88. The summed E-state index contributed by atoms with van der Waals surface area (Å²) in [6.45, 7) is 3.06. The Bertz CT molecular complexity index is 528. The zero-order valence-electron chi connectivity index (χ0n) is 16.4. The summed E-state index contributed by atoms with van der Waals surface area (Å²) in [6.07, 6.45) is 1.62. The second kappa shape index (κ2) is 13.9. The first-order valence-corrected chi connectivity index (χ1v) is 9.30. The van der Waals surface area contributed by atoms with Crippen LogP contribution in [0.3, 0.4) is 0 Å². The summed E-state index contributed by atoms with van der Waals surface area (Å²) in [6, 6.07) is -3.39. The van der Waals surface area contributed by atoms with Crippen molar-refractivity contribution in [1.82, 2.24) is 16.0 Å². The Morgan fingerprint density at radius 3 is 1.93 bits per heavy atom. The molecule has 0 aromatic heterocycles. The Hall–Kier alpha value is -2.24. The molecule has 9 N–H and O–H groups in total. The first-order chi connectivity index (χ1) is 13.2. The highest BCUT2D eigenvalue weighted by molar-refractivity contribution is 5.93. The normalized spacial score (nSPS) is 14.1. The molecule has 0 aromatic carbocycles. The molecule has 11 heteroatoms. The fourth-order valence-corrected chi connectivity index (χ4v) is 2.45. The molecule has 0 radical (unpaired) electrons. The van der Waals surface area contributed by atoms with E-state index in [1.807, 2.05) is 13.8 Å². The van der Waals surface area contributed by atoms with Crippen LogP contribution >= 0.6 is 0 Å². The van der Waals surface area contributed by atoms with Crippen LogP contribution in [0.4, 0.5) is 0 Å². The van der Waals surface area contributed by atoms with Gasteiger partial charge < -0.3 is 37.6 Å². The van der Waals surface area contributed by atoms with Crippen molar-refractivity contribution in [2.75, 3.05) is 19.7 Å². The van der Waals surface area contributed by atoms with Crippen molar-refractivity contribution >= 4 is 23.7 Å². The van der Waals surface area contributed by atoms with E-state index in [2.05, 4.69) is 16.0 Å². The van der Waals surface area contributed by atoms with E-state index >= 15 is 0 Å². The van der Waals surface area contributed by atoms with Crippen LogP contribution in [0.1, 0.15) is 39.5 Å². The van der Waals surface area contributed by atoms with Gasteiger partial charge in [0.1, 0.15) is 18.1 Å². The number of carbonyl (C=O) groups is 4. The van der Waals surface area contributed by atoms with Crippen molar-refractivity contribution in [3.05, 3.63) is 0 Å². The van der Waals surface area contributed by atoms with E-state index in [0.29, 0.717) is 19.4 Å². The molecular weight excluding hydrogens is 370 g/mol. The third kappa shape index (κ3) is 10.2. The van der Waals surface area contributed by atoms with E-state index < -0.39 is 48.4 Å². The molecule has 0 saturated carbocycles. The van der Waals surface area contributed by atoms with Gasteiger partial charge in [0.15, 0.2) is 0 Å². The average molecular weight is 403 g/mol. The number of amides is 3. The minimum atomic E-state index is -1.27. The predicted molar refractivity (Wildman–Crippen MR) is 102 cm³/mol. The van der Waals surface area contributed by atoms with Gasteiger partial charge in [-0.3, -0.25) is 14.4 Å². The van der Waals surface area contributed by atoms with Gasteiger partial charge in [0.25, 0.3) is 0 Å². The largest absolute Gasteiger partial charge is 0.480 e. The van der Waals surface area contributed by atoms with Gasteiger partial charge in [-0.15, -0.1) is 0 Å². The maximum atomic E-state index is 12.6. The first kappa shape index (κ1) is 25.8. The third-order valence-electron chi connectivity index (χ3n) is 3.92. The molecule has 0 aliphatic heterocycles. The van der Waals surface area contributed by atoms with Gasteiger partial charge in [0.05, 0.1) is 13.2 Å². The highest BCUT2D eigenvalue weighted by Crippen LogP contribution is 2.08. The van der Waals surface area contributed by atoms with Crippen LogP contribution in [0, 0.1) is 5.92 Å². The number of unbranched alkanes of at least 4 members (excludes halogenated alkanes) is 1. The molecule has 3 atom stereocenters. The number of aliphatic hydroxyl groups is 1. The molecule has 162 valence electrons. The van der Waals surface area contributed by atoms with E-state index in [1.54, 1.807) is 0 Å². The Balaban J connectivity index is 5.11. The molecule has 0 aromatic rings. The van der Waals surface area contributed by atoms with E-state index in [-0.39, 0.29) is 25.3 Å². The van der Waals surface area contributed by atoms with E-state index in [9.17, 15) is 29.4 Å². The number of hydrogen-bond acceptors (Lipinski definition) is 7. The maximum Gasteiger partial charge on any atom is 0.326 e. The molecule has 11 nitrogen and oxygen atoms in total. The zero-order chi connectivity index (χ0) is 21.7. The first-order valence-electron chi connectivity index (χ1n) is 9.30. The number of hydrogen-bond donors (Lipinski definition) is 7. The van der Waals surface area contributed by atoms with Crippen LogP contribution in [0.15, 0.2) is 0 Å². The van der Waals surface area contributed by atoms with Crippen molar-refractivity contribution < 1.29 is 29.4 Å². The van der Waals surface area contributed by atoms with Crippen molar-refractivity contribution in [1.29, 1.82) is 0 Å². The molecule has 28 heavy (non-hydrogen) atoms. The van der Waals surface area contributed by atoms with Crippen molar-refractivity contribution in [2.24, 2.45) is 17.4 Å². The molecule has 0 saturated heterocycles. The number of aliphatic hydroxyl groups excluding tert-OH is 1. The minimum Gasteiger partial charge on any atom is -0.480 e. The lowest BCUT2D eigenvalue weighted by molar-refractivity contribution is -0.142. The summed E-state index contributed by atoms with van der Waals surface area (Å²) in [4.78, 5) is 47.6. The van der Waals surface area contributed by atoms with Crippen LogP contribution in [0.2, 0.25) is 0 Å². The van der Waals surface area contributed by atoms with Gasteiger partial charge in [-0.1, -0.05) is 13.8 Å². The molecule has 0 spiro atoms. The summed E-state index contributed by atoms with van der Waals surface area (Å²) >= 11 is 0. The number of aliphatic carboxylic acids is 1. The molecule has 0 heterocycles. The Morgan fingerprint density at radius 2 is 1.46 bits per heavy atom. The lowest BCUT2D eigenvalue weighted by Gasteiger charge is -2.25. The highest BCUT2D eigenvalue weighted by Gasteiger charge is 2.29. The van der Waals surface area contributed by atoms with Gasteiger partial charge >= 0.3 is 5.97 Å². The third-order valence-corrected chi connectivity index (χ3v) is 3.92. The number of carbonyl (C=O) groups excluding carboxylic acids is 3. The van der Waals surface area contributed by atoms with Crippen molar-refractivity contribution in [3.8, 4) is 0 Å². The molecule has 3 amide bonds. The van der Waals surface area contributed by atoms with Crippen LogP contribution in [0.5, 0.6) is 0 Å². The molecule has 0 rings (SSSR count). The Kier molecular flexibility index (Phi) is 12.7. The van der Waals surface area contributed by atoms with Crippen LogP contribution in [-0.4, -0.2) is 71.7 Å². The zero-order valence-corrected chi connectivity index (χ0v) is 16.4. The standard InChI is InChI=1S/C17H33N5O6/c1-10(2)7-12(22-16(26)13(9-23)20-14(24)8-19)15(25)21-11(17(27)28)5-3-4-6-18/h10-13,23H,3-9,18-19H2,1-2H3,(H,20,24)(H,21,25)(H,22,26)(H,27,28). The van der Waals surface area contributed by atoms with Crippen LogP contribution in [-0.2, 0) is 19.2 Å². The predicted octanol–water partition coefficient (Wildman–Crippen LogP) is -2.35. The fraction of sp³-hybridized carbons (Fsp3) is 0.765. The summed E-state index contributed by atoms with van der Waals surface area (Å²) in [5.74, 6) is -3.21. The number of nitrogens with two attached hydrogens (primary N) is 2. The van der Waals surface area contributed by atoms with Crippen LogP contribution in [0.25, 0.3) is 0 Å². The monoisotopic (exact) mass is 403 g/mol. The lowest BCUT2D eigenvalue weighted by Crippen LogP contribution is -2.57. The quantitative estimate of drug-likeness (QED) is 0.156. The number of carboxylic acids is 1. The smallest absolute Gasteiger partial charge is 0.326 e. The molecule has 0 aliphatic rings. The van der Waals surface area contributed by atoms with Gasteiger partial charge in [-0.05, 0) is 38.1 Å². The number of nitrogens with one attached hydrogen (secondary N) is 3. The Morgan fingerprint density at radius 1 is 0.893 bits per heavy atom. The lowest BCUT2D eigenvalue weighted by atomic mass is 10.0. The summed E-state index contributed by atoms with van der Waals surface area (Å²) in [5.41, 5.74) is 10.6. The molecule has 0 fully saturated rings. The summed E-state index contributed by atoms with van der Waals surface area (Å²) < 4.78 is 0. The van der Waals surface area contributed by atoms with E-state index in [1.165, 1.54) is 0 Å². The second-order valence-corrected chi connectivity index (χ2v) is 6.88. The molecule has 0 aliphatic carbocycles. The van der Waals surface area contributed by atoms with Crippen molar-refractivity contribution in [3.63, 3.8) is 0 Å². The van der Waals surface area contributed by atoms with Gasteiger partial charge in [-0.25, -0.2) is 4.79 Å². The molecular formula is C17H33N5O6. The fourth-order valence-electron chi connectivity index (χ4n) is 2.45. The van der Waals surface area contributed by atoms with Gasteiger partial charge in [0, 0.05) is 0 Å². The molecule has 3 unspecified atom stereocenters. The van der Waals surface area contributed by atoms with E-state index in [4.69, 9.17) is 11.5 Å². The summed E-state index contributed by atoms with van der Waals surface area (Å²) in [5, 5.41) is 25.7. The average Bonchev–Trinajstić information content (AvgIpc) is 2.63. The number of carboxylic acid groups (broad SMARTS) is 1. The SMILES string of the molecule is CC(C)CC(NC(=O)C(CO)NC(=O)CN)C(=O)NC(CCCCN)C(=O)O. The van der Waals surface area contributed by atoms with Gasteiger partial charge in [-0.2, -0.15) is 0 Å². The number of rotatable bonds is 14. The Labute approximate surface area is 164 Å². The van der Waals surface area contributed by atoms with Gasteiger partial charge in [0.2, 0.25) is 17.7 Å². The topological polar surface area (TPSA) is 197 Å². The highest BCUT2D eigenvalue weighted by atomic mass is 16.4. The maximum absolute atomic E-state index is 12.6. The summed E-state index contributed by atoms with van der Waals surface area (Å²) in [7, 11) is 0. The minimum absolute atomic E-state index is 0.0165.